The number of alkyl halides is 1. The second-order valence-electron chi connectivity index (χ2n) is 4.69. The summed E-state index contributed by atoms with van der Waals surface area (Å²) in [6, 6.07) is 6.76. The standard InChI is InChI=1S/C14H18ClN3O3/c1-21-12-4-2-11(3-5-12)18-9-10(8-13(18)19)17-14(20)16-7-6-15/h2-5,10H,6-9H2,1H3,(H2,16,17,20). The zero-order valence-corrected chi connectivity index (χ0v) is 12.5. The van der Waals surface area contributed by atoms with Crippen LogP contribution in [0.25, 0.3) is 0 Å². The molecule has 2 N–H and O–H groups in total. The highest BCUT2D eigenvalue weighted by molar-refractivity contribution is 6.18. The molecule has 1 aliphatic rings. The van der Waals surface area contributed by atoms with Gasteiger partial charge in [-0.25, -0.2) is 4.79 Å². The van der Waals surface area contributed by atoms with Crippen molar-refractivity contribution in [2.45, 2.75) is 12.5 Å². The number of amides is 3. The topological polar surface area (TPSA) is 70.7 Å². The fraction of sp³-hybridized carbons (Fsp3) is 0.429. The number of nitrogens with zero attached hydrogens (tertiary/aromatic N) is 1. The van der Waals surface area contributed by atoms with Crippen LogP contribution in [0.15, 0.2) is 24.3 Å². The lowest BCUT2D eigenvalue weighted by molar-refractivity contribution is -0.117. The van der Waals surface area contributed by atoms with Crippen molar-refractivity contribution in [2.75, 3.05) is 31.0 Å². The molecule has 1 aliphatic heterocycles. The van der Waals surface area contributed by atoms with Crippen LogP contribution < -0.4 is 20.3 Å². The molecule has 1 aromatic carbocycles. The van der Waals surface area contributed by atoms with Crippen LogP contribution in [0.3, 0.4) is 0 Å². The van der Waals surface area contributed by atoms with Crippen LogP contribution in [0.1, 0.15) is 6.42 Å². The molecule has 6 nitrogen and oxygen atoms in total. The molecule has 0 aliphatic carbocycles. The quantitative estimate of drug-likeness (QED) is 0.806. The summed E-state index contributed by atoms with van der Waals surface area (Å²) in [7, 11) is 1.59. The van der Waals surface area contributed by atoms with Gasteiger partial charge in [-0.3, -0.25) is 4.79 Å². The number of urea groups is 1. The number of halogens is 1. The SMILES string of the molecule is COc1ccc(N2CC(NC(=O)NCCCl)CC2=O)cc1. The minimum Gasteiger partial charge on any atom is -0.497 e. The molecule has 0 radical (unpaired) electrons. The fourth-order valence-electron chi connectivity index (χ4n) is 2.21. The summed E-state index contributed by atoms with van der Waals surface area (Å²) in [6.45, 7) is 0.857. The van der Waals surface area contributed by atoms with Crippen molar-refractivity contribution in [1.29, 1.82) is 0 Å². The Bertz CT molecular complexity index is 507. The third kappa shape index (κ3) is 4.01. The number of rotatable bonds is 5. The molecule has 0 spiro atoms. The third-order valence-electron chi connectivity index (χ3n) is 3.22. The maximum Gasteiger partial charge on any atom is 0.315 e. The molecular weight excluding hydrogens is 294 g/mol. The molecule has 1 heterocycles. The normalized spacial score (nSPS) is 17.7. The first-order valence-electron chi connectivity index (χ1n) is 6.68. The average Bonchev–Trinajstić information content (AvgIpc) is 2.85. The molecule has 1 fully saturated rings. The van der Waals surface area contributed by atoms with Gasteiger partial charge in [0.25, 0.3) is 0 Å². The number of hydrogen-bond acceptors (Lipinski definition) is 3. The van der Waals surface area contributed by atoms with Gasteiger partial charge in [0.15, 0.2) is 0 Å². The van der Waals surface area contributed by atoms with Crippen molar-refractivity contribution >= 4 is 29.2 Å². The molecule has 1 atom stereocenters. The van der Waals surface area contributed by atoms with Gasteiger partial charge >= 0.3 is 6.03 Å². The maximum atomic E-state index is 12.0. The average molecular weight is 312 g/mol. The highest BCUT2D eigenvalue weighted by atomic mass is 35.5. The van der Waals surface area contributed by atoms with Crippen molar-refractivity contribution in [2.24, 2.45) is 0 Å². The van der Waals surface area contributed by atoms with Gasteiger partial charge in [0, 0.05) is 31.1 Å². The van der Waals surface area contributed by atoms with E-state index in [0.29, 0.717) is 25.4 Å². The second kappa shape index (κ2) is 7.17. The molecule has 7 heteroatoms. The Balaban J connectivity index is 1.94. The monoisotopic (exact) mass is 311 g/mol. The van der Waals surface area contributed by atoms with E-state index in [1.807, 2.05) is 12.1 Å². The van der Waals surface area contributed by atoms with Crippen molar-refractivity contribution in [3.63, 3.8) is 0 Å². The number of nitrogens with one attached hydrogen (secondary N) is 2. The zero-order chi connectivity index (χ0) is 15.2. The van der Waals surface area contributed by atoms with Crippen LogP contribution in [-0.2, 0) is 4.79 Å². The lowest BCUT2D eigenvalue weighted by atomic mass is 10.2. The van der Waals surface area contributed by atoms with Gasteiger partial charge < -0.3 is 20.3 Å². The highest BCUT2D eigenvalue weighted by Gasteiger charge is 2.31. The van der Waals surface area contributed by atoms with Crippen molar-refractivity contribution < 1.29 is 14.3 Å². The van der Waals surface area contributed by atoms with E-state index in [2.05, 4.69) is 10.6 Å². The Morgan fingerprint density at radius 1 is 1.43 bits per heavy atom. The first kappa shape index (κ1) is 15.4. The van der Waals surface area contributed by atoms with Crippen molar-refractivity contribution in [1.82, 2.24) is 10.6 Å². The molecule has 1 saturated heterocycles. The number of ether oxygens (including phenoxy) is 1. The molecule has 3 amide bonds. The van der Waals surface area contributed by atoms with Crippen molar-refractivity contribution in [3.05, 3.63) is 24.3 Å². The van der Waals surface area contributed by atoms with Gasteiger partial charge in [-0.1, -0.05) is 0 Å². The molecule has 0 bridgehead atoms. The number of anilines is 1. The Kier molecular flexibility index (Phi) is 5.27. The van der Waals surface area contributed by atoms with E-state index >= 15 is 0 Å². The van der Waals surface area contributed by atoms with Crippen LogP contribution in [0, 0.1) is 0 Å². The van der Waals surface area contributed by atoms with E-state index in [1.165, 1.54) is 0 Å². The predicted octanol–water partition coefficient (Wildman–Crippen LogP) is 1.34. The first-order valence-corrected chi connectivity index (χ1v) is 7.22. The van der Waals surface area contributed by atoms with E-state index in [4.69, 9.17) is 16.3 Å². The molecule has 21 heavy (non-hydrogen) atoms. The van der Waals surface area contributed by atoms with Crippen LogP contribution in [-0.4, -0.2) is 44.1 Å². The summed E-state index contributed by atoms with van der Waals surface area (Å²) in [6.07, 6.45) is 0.292. The van der Waals surface area contributed by atoms with Gasteiger partial charge in [0.1, 0.15) is 5.75 Å². The maximum absolute atomic E-state index is 12.0. The molecule has 114 valence electrons. The number of hydrogen-bond donors (Lipinski definition) is 2. The third-order valence-corrected chi connectivity index (χ3v) is 3.41. The fourth-order valence-corrected chi connectivity index (χ4v) is 2.31. The lowest BCUT2D eigenvalue weighted by Crippen LogP contribution is -2.43. The minimum absolute atomic E-state index is 0.0113. The van der Waals surface area contributed by atoms with Crippen LogP contribution in [0.2, 0.25) is 0 Å². The predicted molar refractivity (Wildman–Crippen MR) is 81.0 cm³/mol. The number of carbonyl (C=O) groups is 2. The Morgan fingerprint density at radius 2 is 2.14 bits per heavy atom. The van der Waals surface area contributed by atoms with E-state index in [0.717, 1.165) is 11.4 Å². The Morgan fingerprint density at radius 3 is 2.76 bits per heavy atom. The molecule has 1 aromatic rings. The first-order chi connectivity index (χ1) is 10.1. The van der Waals surface area contributed by atoms with E-state index in [-0.39, 0.29) is 18.0 Å². The molecule has 2 rings (SSSR count). The van der Waals surface area contributed by atoms with Gasteiger partial charge in [0.2, 0.25) is 5.91 Å². The smallest absolute Gasteiger partial charge is 0.315 e. The van der Waals surface area contributed by atoms with Crippen molar-refractivity contribution in [3.8, 4) is 5.75 Å². The van der Waals surface area contributed by atoms with E-state index in [1.54, 1.807) is 24.1 Å². The Labute approximate surface area is 128 Å². The largest absolute Gasteiger partial charge is 0.497 e. The molecule has 0 saturated carbocycles. The van der Waals surface area contributed by atoms with Gasteiger partial charge in [-0.05, 0) is 24.3 Å². The van der Waals surface area contributed by atoms with Crippen LogP contribution >= 0.6 is 11.6 Å². The summed E-state index contributed by atoms with van der Waals surface area (Å²) in [4.78, 5) is 25.3. The summed E-state index contributed by atoms with van der Waals surface area (Å²) < 4.78 is 5.09. The molecular formula is C14H18ClN3O3. The van der Waals surface area contributed by atoms with Gasteiger partial charge in [-0.2, -0.15) is 0 Å². The summed E-state index contributed by atoms with van der Waals surface area (Å²) in [5.74, 6) is 1.08. The summed E-state index contributed by atoms with van der Waals surface area (Å²) >= 11 is 5.50. The second-order valence-corrected chi connectivity index (χ2v) is 5.07. The van der Waals surface area contributed by atoms with Gasteiger partial charge in [-0.15, -0.1) is 11.6 Å². The zero-order valence-electron chi connectivity index (χ0n) is 11.8. The lowest BCUT2D eigenvalue weighted by Gasteiger charge is -2.17. The van der Waals surface area contributed by atoms with E-state index < -0.39 is 0 Å². The van der Waals surface area contributed by atoms with E-state index in [9.17, 15) is 9.59 Å². The van der Waals surface area contributed by atoms with Crippen LogP contribution in [0.5, 0.6) is 5.75 Å². The minimum atomic E-state index is -0.301. The molecule has 0 aromatic heterocycles. The number of methoxy groups -OCH3 is 1. The number of benzene rings is 1. The van der Waals surface area contributed by atoms with Gasteiger partial charge in [0.05, 0.1) is 13.2 Å². The Hall–Kier alpha value is -1.95. The van der Waals surface area contributed by atoms with Crippen LogP contribution in [0.4, 0.5) is 10.5 Å². The highest BCUT2D eigenvalue weighted by Crippen LogP contribution is 2.24. The molecule has 1 unspecified atom stereocenters. The summed E-state index contributed by atoms with van der Waals surface area (Å²) in [5.41, 5.74) is 0.797. The number of carbonyl (C=O) groups excluding carboxylic acids is 2. The summed E-state index contributed by atoms with van der Waals surface area (Å²) in [5, 5.41) is 5.39.